The van der Waals surface area contributed by atoms with Crippen LogP contribution >= 0.6 is 0 Å². The summed E-state index contributed by atoms with van der Waals surface area (Å²) in [5, 5.41) is 3.10. The number of benzene rings is 4. The number of carbonyl (C=O) groups is 3. The summed E-state index contributed by atoms with van der Waals surface area (Å²) in [5.41, 5.74) is 7.23. The number of allylic oxidation sites excluding steroid dienone is 1. The number of Topliss-reactive ketones (excluding diaryl/α,β-unsaturated/α-hetero) is 2. The monoisotopic (exact) mass is 552 g/mol. The Morgan fingerprint density at radius 1 is 0.738 bits per heavy atom. The molecule has 0 unspecified atom stereocenters. The molecule has 5 nitrogen and oxygen atoms in total. The molecule has 4 atom stereocenters. The highest BCUT2D eigenvalue weighted by molar-refractivity contribution is 6.18. The lowest BCUT2D eigenvalue weighted by Crippen LogP contribution is -2.51. The van der Waals surface area contributed by atoms with Crippen LogP contribution in [0.15, 0.2) is 97.1 Å². The van der Waals surface area contributed by atoms with E-state index < -0.39 is 23.4 Å². The van der Waals surface area contributed by atoms with Crippen molar-refractivity contribution in [3.8, 4) is 0 Å². The van der Waals surface area contributed by atoms with Gasteiger partial charge >= 0.3 is 0 Å². The van der Waals surface area contributed by atoms with Gasteiger partial charge in [-0.2, -0.15) is 0 Å². The maximum atomic E-state index is 14.9. The molecule has 1 fully saturated rings. The molecule has 1 saturated heterocycles. The fraction of sp³-hybridized carbons (Fsp3) is 0.216. The first-order chi connectivity index (χ1) is 20.2. The molecule has 42 heavy (non-hydrogen) atoms. The number of fused-ring (bicyclic) bond motifs is 6. The number of amides is 1. The van der Waals surface area contributed by atoms with Crippen molar-refractivity contribution in [3.63, 3.8) is 0 Å². The number of carbonyl (C=O) groups excluding carboxylic acids is 3. The van der Waals surface area contributed by atoms with Crippen LogP contribution in [0.25, 0.3) is 5.57 Å². The standard InChI is InChI=1S/C37H32N2O3/c1-21-9-14-25(15-10-21)34(40)32-33(35(41)26-16-11-22(2)12-17-26)39-30-18-13-23(3)19-27(30)24(4)20-31(39)37(32)28-7-5-6-8-29(28)38-36(37)42/h5-20,31-33H,1-4H3,(H,38,42)/t31-,32+,33-,37-/m0/s1. The van der Waals surface area contributed by atoms with Crippen LogP contribution in [0.3, 0.4) is 0 Å². The summed E-state index contributed by atoms with van der Waals surface area (Å²) in [4.78, 5) is 46.2. The van der Waals surface area contributed by atoms with Crippen molar-refractivity contribution >= 4 is 34.4 Å². The molecule has 3 aliphatic heterocycles. The molecule has 4 aromatic rings. The molecule has 5 heteroatoms. The van der Waals surface area contributed by atoms with Crippen molar-refractivity contribution in [1.29, 1.82) is 0 Å². The number of rotatable bonds is 4. The van der Waals surface area contributed by atoms with Crippen molar-refractivity contribution in [1.82, 2.24) is 0 Å². The SMILES string of the molecule is CC1=C[C@@H]2N(c3ccc(C)cc31)[C@H](C(=O)c1ccc(C)cc1)[C@H](C(=O)c1ccc(C)cc1)[C@@]21C(=O)Nc2ccccc21. The number of nitrogens with one attached hydrogen (secondary N) is 1. The molecule has 0 radical (unpaired) electrons. The Kier molecular flexibility index (Phi) is 5.84. The first-order valence-electron chi connectivity index (χ1n) is 14.4. The minimum Gasteiger partial charge on any atom is -0.352 e. The maximum absolute atomic E-state index is 14.9. The van der Waals surface area contributed by atoms with E-state index >= 15 is 0 Å². The van der Waals surface area contributed by atoms with Crippen molar-refractivity contribution in [2.24, 2.45) is 5.92 Å². The van der Waals surface area contributed by atoms with Gasteiger partial charge in [0, 0.05) is 28.1 Å². The van der Waals surface area contributed by atoms with Gasteiger partial charge in [-0.3, -0.25) is 14.4 Å². The van der Waals surface area contributed by atoms with Gasteiger partial charge in [-0.25, -0.2) is 0 Å². The van der Waals surface area contributed by atoms with Crippen molar-refractivity contribution in [2.45, 2.75) is 45.2 Å². The van der Waals surface area contributed by atoms with E-state index in [1.807, 2.05) is 113 Å². The molecule has 1 amide bonds. The predicted octanol–water partition coefficient (Wildman–Crippen LogP) is 6.86. The molecule has 1 spiro atoms. The molecule has 0 aliphatic carbocycles. The van der Waals surface area contributed by atoms with Crippen LogP contribution in [0.4, 0.5) is 11.4 Å². The number of hydrogen-bond donors (Lipinski definition) is 1. The average molecular weight is 553 g/mol. The van der Waals surface area contributed by atoms with Gasteiger partial charge in [0.2, 0.25) is 5.91 Å². The molecule has 1 N–H and O–H groups in total. The second kappa shape index (κ2) is 9.38. The third-order valence-corrected chi connectivity index (χ3v) is 9.36. The molecule has 7 rings (SSSR count). The third kappa shape index (κ3) is 3.59. The van der Waals surface area contributed by atoms with Gasteiger partial charge in [-0.15, -0.1) is 0 Å². The number of anilines is 2. The summed E-state index contributed by atoms with van der Waals surface area (Å²) >= 11 is 0. The van der Waals surface area contributed by atoms with Gasteiger partial charge in [0.05, 0.1) is 12.0 Å². The predicted molar refractivity (Wildman–Crippen MR) is 166 cm³/mol. The van der Waals surface area contributed by atoms with Crippen LogP contribution < -0.4 is 10.2 Å². The number of aryl methyl sites for hydroxylation is 3. The van der Waals surface area contributed by atoms with Crippen LogP contribution in [-0.4, -0.2) is 29.6 Å². The fourth-order valence-corrected chi connectivity index (χ4v) is 7.33. The number of nitrogens with zero attached hydrogens (tertiary/aromatic N) is 1. The largest absolute Gasteiger partial charge is 0.352 e. The molecule has 3 heterocycles. The van der Waals surface area contributed by atoms with Gasteiger partial charge in [0.25, 0.3) is 0 Å². The van der Waals surface area contributed by atoms with Crippen LogP contribution in [0.1, 0.15) is 55.5 Å². The number of para-hydroxylation sites is 1. The van der Waals surface area contributed by atoms with E-state index in [4.69, 9.17) is 0 Å². The molecule has 3 aliphatic rings. The Hall–Kier alpha value is -4.77. The summed E-state index contributed by atoms with van der Waals surface area (Å²) in [6.45, 7) is 8.05. The second-order valence-electron chi connectivity index (χ2n) is 12.0. The molecular weight excluding hydrogens is 520 g/mol. The normalized spacial score (nSPS) is 23.6. The molecule has 0 aromatic heterocycles. The second-order valence-corrected chi connectivity index (χ2v) is 12.0. The Morgan fingerprint density at radius 2 is 1.33 bits per heavy atom. The quantitative estimate of drug-likeness (QED) is 0.281. The van der Waals surface area contributed by atoms with E-state index in [1.165, 1.54) is 0 Å². The lowest BCUT2D eigenvalue weighted by molar-refractivity contribution is -0.121. The van der Waals surface area contributed by atoms with Crippen LogP contribution in [0.5, 0.6) is 0 Å². The highest BCUT2D eigenvalue weighted by Crippen LogP contribution is 2.58. The summed E-state index contributed by atoms with van der Waals surface area (Å²) in [7, 11) is 0. The minimum absolute atomic E-state index is 0.168. The minimum atomic E-state index is -1.31. The fourth-order valence-electron chi connectivity index (χ4n) is 7.33. The average Bonchev–Trinajstić information content (AvgIpc) is 3.45. The molecule has 0 bridgehead atoms. The number of hydrogen-bond acceptors (Lipinski definition) is 4. The van der Waals surface area contributed by atoms with E-state index in [9.17, 15) is 14.4 Å². The van der Waals surface area contributed by atoms with Crippen molar-refractivity contribution in [3.05, 3.63) is 136 Å². The summed E-state index contributed by atoms with van der Waals surface area (Å²) in [6.07, 6.45) is 2.10. The molecule has 0 saturated carbocycles. The Bertz CT molecular complexity index is 1820. The van der Waals surface area contributed by atoms with Gasteiger partial charge in [0.1, 0.15) is 11.5 Å². The van der Waals surface area contributed by atoms with E-state index in [-0.39, 0.29) is 17.5 Å². The molecule has 4 aromatic carbocycles. The van der Waals surface area contributed by atoms with Gasteiger partial charge in [-0.1, -0.05) is 95.6 Å². The first kappa shape index (κ1) is 26.1. The van der Waals surface area contributed by atoms with Gasteiger partial charge < -0.3 is 10.2 Å². The topological polar surface area (TPSA) is 66.5 Å². The van der Waals surface area contributed by atoms with E-state index in [0.717, 1.165) is 39.1 Å². The zero-order valence-electron chi connectivity index (χ0n) is 24.1. The first-order valence-corrected chi connectivity index (χ1v) is 14.4. The zero-order valence-corrected chi connectivity index (χ0v) is 24.1. The smallest absolute Gasteiger partial charge is 0.238 e. The Balaban J connectivity index is 1.55. The van der Waals surface area contributed by atoms with E-state index in [1.54, 1.807) is 0 Å². The van der Waals surface area contributed by atoms with Gasteiger partial charge in [0.15, 0.2) is 11.6 Å². The number of ketones is 2. The van der Waals surface area contributed by atoms with Crippen molar-refractivity contribution in [2.75, 3.05) is 10.2 Å². The van der Waals surface area contributed by atoms with Gasteiger partial charge in [-0.05, 0) is 57.0 Å². The van der Waals surface area contributed by atoms with Crippen LogP contribution in [-0.2, 0) is 10.2 Å². The maximum Gasteiger partial charge on any atom is 0.238 e. The molecular formula is C37H32N2O3. The van der Waals surface area contributed by atoms with E-state index in [2.05, 4.69) is 22.4 Å². The molecule has 208 valence electrons. The summed E-state index contributed by atoms with van der Waals surface area (Å²) in [5.74, 6) is -1.60. The summed E-state index contributed by atoms with van der Waals surface area (Å²) in [6, 6.07) is 27.3. The Labute approximate surface area is 245 Å². The highest BCUT2D eigenvalue weighted by Gasteiger charge is 2.70. The van der Waals surface area contributed by atoms with Crippen LogP contribution in [0.2, 0.25) is 0 Å². The zero-order chi connectivity index (χ0) is 29.3. The lowest BCUT2D eigenvalue weighted by atomic mass is 9.64. The summed E-state index contributed by atoms with van der Waals surface area (Å²) < 4.78 is 0. The third-order valence-electron chi connectivity index (χ3n) is 9.36. The van der Waals surface area contributed by atoms with Crippen molar-refractivity contribution < 1.29 is 14.4 Å². The van der Waals surface area contributed by atoms with Crippen LogP contribution in [0, 0.1) is 26.7 Å². The lowest BCUT2D eigenvalue weighted by Gasteiger charge is -2.39. The highest BCUT2D eigenvalue weighted by atomic mass is 16.2. The Morgan fingerprint density at radius 3 is 2.00 bits per heavy atom. The van der Waals surface area contributed by atoms with E-state index in [0.29, 0.717) is 16.8 Å².